The molecule has 1 unspecified atom stereocenters. The van der Waals surface area contributed by atoms with Gasteiger partial charge in [0, 0.05) is 6.07 Å². The van der Waals surface area contributed by atoms with Gasteiger partial charge >= 0.3 is 5.97 Å². The normalized spacial score (nSPS) is 11.7. The van der Waals surface area contributed by atoms with Crippen LogP contribution in [0.1, 0.15) is 17.4 Å². The molecule has 0 aliphatic carbocycles. The molecule has 0 aliphatic rings. The number of hydrogen-bond acceptors (Lipinski definition) is 6. The minimum Gasteiger partial charge on any atom is -0.481 e. The highest BCUT2D eigenvalue weighted by molar-refractivity contribution is 6.07. The molecular formula is C10H12N2O4. The third-order valence-corrected chi connectivity index (χ3v) is 2.05. The summed E-state index contributed by atoms with van der Waals surface area (Å²) in [7, 11) is 2.66. The standard InChI is InChI=1S/C10H12N2O4/c1-6(10(14)16-3)9(13)7-4-8(15-2)12-5-11-7/h4-6H,1-3H3. The first kappa shape index (κ1) is 12.1. The number of rotatable bonds is 4. The number of hydrogen-bond donors (Lipinski definition) is 0. The van der Waals surface area contributed by atoms with Crippen molar-refractivity contribution in [1.29, 1.82) is 0 Å². The lowest BCUT2D eigenvalue weighted by Crippen LogP contribution is -2.23. The molecule has 0 aromatic carbocycles. The van der Waals surface area contributed by atoms with Crippen molar-refractivity contribution in [2.24, 2.45) is 5.92 Å². The van der Waals surface area contributed by atoms with E-state index in [0.717, 1.165) is 0 Å². The Hall–Kier alpha value is -1.98. The van der Waals surface area contributed by atoms with Crippen LogP contribution in [-0.4, -0.2) is 35.9 Å². The van der Waals surface area contributed by atoms with Crippen LogP contribution in [0.25, 0.3) is 0 Å². The Labute approximate surface area is 92.6 Å². The summed E-state index contributed by atoms with van der Waals surface area (Å²) in [6.45, 7) is 1.46. The molecule has 0 saturated carbocycles. The summed E-state index contributed by atoms with van der Waals surface area (Å²) in [6.07, 6.45) is 1.20. The average molecular weight is 224 g/mol. The van der Waals surface area contributed by atoms with Crippen molar-refractivity contribution in [1.82, 2.24) is 9.97 Å². The maximum atomic E-state index is 11.8. The first-order chi connectivity index (χ1) is 7.60. The molecule has 16 heavy (non-hydrogen) atoms. The van der Waals surface area contributed by atoms with Gasteiger partial charge in [-0.2, -0.15) is 0 Å². The van der Waals surface area contributed by atoms with E-state index in [4.69, 9.17) is 4.74 Å². The second-order valence-electron chi connectivity index (χ2n) is 3.05. The number of Topliss-reactive ketones (excluding diaryl/α,β-unsaturated/α-hetero) is 1. The second-order valence-corrected chi connectivity index (χ2v) is 3.05. The SMILES string of the molecule is COC(=O)C(C)C(=O)c1cc(OC)ncn1. The van der Waals surface area contributed by atoms with Gasteiger partial charge < -0.3 is 9.47 Å². The quantitative estimate of drug-likeness (QED) is 0.420. The summed E-state index contributed by atoms with van der Waals surface area (Å²) in [5, 5.41) is 0. The number of methoxy groups -OCH3 is 2. The lowest BCUT2D eigenvalue weighted by atomic mass is 10.0. The number of ketones is 1. The topological polar surface area (TPSA) is 78.4 Å². The zero-order valence-electron chi connectivity index (χ0n) is 9.26. The van der Waals surface area contributed by atoms with Crippen LogP contribution in [0.15, 0.2) is 12.4 Å². The summed E-state index contributed by atoms with van der Waals surface area (Å²) in [5.74, 6) is -1.63. The number of nitrogens with zero attached hydrogens (tertiary/aromatic N) is 2. The van der Waals surface area contributed by atoms with Crippen LogP contribution < -0.4 is 4.74 Å². The molecule has 1 aromatic rings. The predicted molar refractivity (Wildman–Crippen MR) is 54.1 cm³/mol. The van der Waals surface area contributed by atoms with Gasteiger partial charge in [-0.3, -0.25) is 9.59 Å². The average Bonchev–Trinajstić information content (AvgIpc) is 2.36. The van der Waals surface area contributed by atoms with E-state index in [-0.39, 0.29) is 11.6 Å². The zero-order valence-corrected chi connectivity index (χ0v) is 9.26. The van der Waals surface area contributed by atoms with Gasteiger partial charge in [-0.05, 0) is 6.92 Å². The van der Waals surface area contributed by atoms with Gasteiger partial charge in [0.2, 0.25) is 5.88 Å². The van der Waals surface area contributed by atoms with Gasteiger partial charge in [-0.15, -0.1) is 0 Å². The fraction of sp³-hybridized carbons (Fsp3) is 0.400. The maximum Gasteiger partial charge on any atom is 0.316 e. The number of aromatic nitrogens is 2. The summed E-state index contributed by atoms with van der Waals surface area (Å²) in [4.78, 5) is 30.5. The first-order valence-corrected chi connectivity index (χ1v) is 4.58. The number of esters is 1. The van der Waals surface area contributed by atoms with Gasteiger partial charge in [-0.25, -0.2) is 9.97 Å². The lowest BCUT2D eigenvalue weighted by Gasteiger charge is -2.07. The molecule has 0 amide bonds. The number of ether oxygens (including phenoxy) is 2. The Bertz CT molecular complexity index is 406. The fourth-order valence-electron chi connectivity index (χ4n) is 1.09. The number of carbonyl (C=O) groups excluding carboxylic acids is 2. The molecule has 0 N–H and O–H groups in total. The summed E-state index contributed by atoms with van der Waals surface area (Å²) in [5.41, 5.74) is 0.129. The van der Waals surface area contributed by atoms with E-state index in [9.17, 15) is 9.59 Å². The molecule has 1 heterocycles. The van der Waals surface area contributed by atoms with E-state index < -0.39 is 17.7 Å². The van der Waals surface area contributed by atoms with Gasteiger partial charge in [0.15, 0.2) is 5.78 Å². The van der Waals surface area contributed by atoms with Crippen molar-refractivity contribution in [2.75, 3.05) is 14.2 Å². The van der Waals surface area contributed by atoms with E-state index >= 15 is 0 Å². The molecule has 1 aromatic heterocycles. The molecule has 0 aliphatic heterocycles. The molecule has 0 saturated heterocycles. The van der Waals surface area contributed by atoms with Crippen molar-refractivity contribution in [3.8, 4) is 5.88 Å². The van der Waals surface area contributed by atoms with Crippen LogP contribution >= 0.6 is 0 Å². The maximum absolute atomic E-state index is 11.8. The highest BCUT2D eigenvalue weighted by Gasteiger charge is 2.24. The van der Waals surface area contributed by atoms with Crippen molar-refractivity contribution < 1.29 is 19.1 Å². The highest BCUT2D eigenvalue weighted by atomic mass is 16.5. The predicted octanol–water partition coefficient (Wildman–Crippen LogP) is 0.477. The summed E-state index contributed by atoms with van der Waals surface area (Å²) < 4.78 is 9.33. The molecule has 1 rings (SSSR count). The zero-order chi connectivity index (χ0) is 12.1. The van der Waals surface area contributed by atoms with Crippen molar-refractivity contribution in [3.63, 3.8) is 0 Å². The smallest absolute Gasteiger partial charge is 0.316 e. The van der Waals surface area contributed by atoms with Gasteiger partial charge in [0.25, 0.3) is 0 Å². The van der Waals surface area contributed by atoms with Crippen LogP contribution in [0.3, 0.4) is 0 Å². The molecule has 86 valence electrons. The third-order valence-electron chi connectivity index (χ3n) is 2.05. The largest absolute Gasteiger partial charge is 0.481 e. The fourth-order valence-corrected chi connectivity index (χ4v) is 1.09. The van der Waals surface area contributed by atoms with Crippen LogP contribution in [-0.2, 0) is 9.53 Å². The Morgan fingerprint density at radius 3 is 2.56 bits per heavy atom. The Morgan fingerprint density at radius 1 is 1.31 bits per heavy atom. The van der Waals surface area contributed by atoms with E-state index in [0.29, 0.717) is 0 Å². The minimum absolute atomic E-state index is 0.129. The van der Waals surface area contributed by atoms with E-state index in [1.807, 2.05) is 0 Å². The van der Waals surface area contributed by atoms with Crippen LogP contribution in [0, 0.1) is 5.92 Å². The monoisotopic (exact) mass is 224 g/mol. The Kier molecular flexibility index (Phi) is 3.93. The lowest BCUT2D eigenvalue weighted by molar-refractivity contribution is -0.143. The van der Waals surface area contributed by atoms with E-state index in [1.54, 1.807) is 0 Å². The van der Waals surface area contributed by atoms with Crippen LogP contribution in [0.5, 0.6) is 5.88 Å². The molecule has 1 atom stereocenters. The Balaban J connectivity index is 2.91. The van der Waals surface area contributed by atoms with E-state index in [1.165, 1.54) is 33.5 Å². The number of carbonyl (C=O) groups is 2. The van der Waals surface area contributed by atoms with Gasteiger partial charge in [-0.1, -0.05) is 0 Å². The Morgan fingerprint density at radius 2 is 2.00 bits per heavy atom. The highest BCUT2D eigenvalue weighted by Crippen LogP contribution is 2.11. The van der Waals surface area contributed by atoms with Gasteiger partial charge in [0.1, 0.15) is 17.9 Å². The molecular weight excluding hydrogens is 212 g/mol. The first-order valence-electron chi connectivity index (χ1n) is 4.58. The van der Waals surface area contributed by atoms with Crippen molar-refractivity contribution >= 4 is 11.8 Å². The van der Waals surface area contributed by atoms with Crippen LogP contribution in [0.4, 0.5) is 0 Å². The summed E-state index contributed by atoms with van der Waals surface area (Å²) in [6, 6.07) is 1.38. The molecule has 6 heteroatoms. The van der Waals surface area contributed by atoms with Crippen molar-refractivity contribution in [2.45, 2.75) is 6.92 Å². The molecule has 0 fully saturated rings. The van der Waals surface area contributed by atoms with Crippen molar-refractivity contribution in [3.05, 3.63) is 18.1 Å². The van der Waals surface area contributed by atoms with E-state index in [2.05, 4.69) is 14.7 Å². The summed E-state index contributed by atoms with van der Waals surface area (Å²) >= 11 is 0. The molecule has 6 nitrogen and oxygen atoms in total. The van der Waals surface area contributed by atoms with Crippen LogP contribution in [0.2, 0.25) is 0 Å². The second kappa shape index (κ2) is 5.20. The van der Waals surface area contributed by atoms with Gasteiger partial charge in [0.05, 0.1) is 14.2 Å². The minimum atomic E-state index is -0.885. The molecule has 0 radical (unpaired) electrons. The third kappa shape index (κ3) is 2.53. The molecule has 0 spiro atoms. The molecule has 0 bridgehead atoms.